The van der Waals surface area contributed by atoms with Crippen LogP contribution in [0, 0.1) is 6.92 Å². The van der Waals surface area contributed by atoms with E-state index < -0.39 is 0 Å². The third-order valence-corrected chi connectivity index (χ3v) is 5.41. The third kappa shape index (κ3) is 3.38. The number of hydrogen-bond donors (Lipinski definition) is 1. The van der Waals surface area contributed by atoms with Gasteiger partial charge in [0.1, 0.15) is 0 Å². The number of amides is 3. The molecule has 6 nitrogen and oxygen atoms in total. The SMILES string of the molecule is Cc1ccc(N2CCCC2)cc1NC(=O)CCN1C(=O)c2ccccc2C1=O. The van der Waals surface area contributed by atoms with Crippen LogP contribution >= 0.6 is 0 Å². The van der Waals surface area contributed by atoms with Gasteiger partial charge in [-0.25, -0.2) is 0 Å². The van der Waals surface area contributed by atoms with E-state index in [4.69, 9.17) is 0 Å². The zero-order chi connectivity index (χ0) is 19.7. The van der Waals surface area contributed by atoms with Crippen molar-refractivity contribution in [2.45, 2.75) is 26.2 Å². The van der Waals surface area contributed by atoms with Crippen molar-refractivity contribution in [2.24, 2.45) is 0 Å². The van der Waals surface area contributed by atoms with E-state index in [1.807, 2.05) is 19.1 Å². The summed E-state index contributed by atoms with van der Waals surface area (Å²) in [6.07, 6.45) is 2.45. The van der Waals surface area contributed by atoms with Crippen molar-refractivity contribution < 1.29 is 14.4 Å². The van der Waals surface area contributed by atoms with Gasteiger partial charge in [-0.1, -0.05) is 18.2 Å². The van der Waals surface area contributed by atoms with E-state index in [1.165, 1.54) is 12.8 Å². The van der Waals surface area contributed by atoms with Crippen LogP contribution in [-0.4, -0.2) is 42.3 Å². The number of rotatable bonds is 5. The Balaban J connectivity index is 1.40. The monoisotopic (exact) mass is 377 g/mol. The summed E-state index contributed by atoms with van der Waals surface area (Å²) in [5, 5.41) is 2.93. The lowest BCUT2D eigenvalue weighted by Crippen LogP contribution is -2.33. The molecule has 0 bridgehead atoms. The predicted octanol–water partition coefficient (Wildman–Crippen LogP) is 3.22. The van der Waals surface area contributed by atoms with Gasteiger partial charge in [-0.3, -0.25) is 19.3 Å². The van der Waals surface area contributed by atoms with E-state index >= 15 is 0 Å². The maximum Gasteiger partial charge on any atom is 0.261 e. The lowest BCUT2D eigenvalue weighted by Gasteiger charge is -2.20. The van der Waals surface area contributed by atoms with Gasteiger partial charge in [-0.05, 0) is 49.6 Å². The molecule has 2 aliphatic rings. The van der Waals surface area contributed by atoms with Crippen LogP contribution in [0.5, 0.6) is 0 Å². The van der Waals surface area contributed by atoms with Crippen molar-refractivity contribution in [3.05, 3.63) is 59.2 Å². The Labute approximate surface area is 164 Å². The minimum absolute atomic E-state index is 0.0683. The first-order chi connectivity index (χ1) is 13.5. The molecule has 0 aromatic heterocycles. The molecule has 1 N–H and O–H groups in total. The number of hydrogen-bond acceptors (Lipinski definition) is 4. The highest BCUT2D eigenvalue weighted by atomic mass is 16.2. The van der Waals surface area contributed by atoms with Gasteiger partial charge in [0, 0.05) is 37.4 Å². The number of nitrogens with one attached hydrogen (secondary N) is 1. The number of imide groups is 1. The van der Waals surface area contributed by atoms with Crippen LogP contribution in [0.4, 0.5) is 11.4 Å². The van der Waals surface area contributed by atoms with Crippen LogP contribution in [0.25, 0.3) is 0 Å². The van der Waals surface area contributed by atoms with Crippen LogP contribution in [0.15, 0.2) is 42.5 Å². The maximum atomic E-state index is 12.5. The summed E-state index contributed by atoms with van der Waals surface area (Å²) in [6.45, 7) is 4.10. The second-order valence-corrected chi connectivity index (χ2v) is 7.30. The summed E-state index contributed by atoms with van der Waals surface area (Å²) in [6, 6.07) is 12.8. The molecule has 6 heteroatoms. The second kappa shape index (κ2) is 7.46. The lowest BCUT2D eigenvalue weighted by atomic mass is 10.1. The van der Waals surface area contributed by atoms with Crippen LogP contribution in [0.3, 0.4) is 0 Å². The number of carbonyl (C=O) groups is 3. The zero-order valence-corrected chi connectivity index (χ0v) is 15.9. The Morgan fingerprint density at radius 3 is 2.29 bits per heavy atom. The molecule has 28 heavy (non-hydrogen) atoms. The molecular weight excluding hydrogens is 354 g/mol. The Morgan fingerprint density at radius 2 is 1.64 bits per heavy atom. The van der Waals surface area contributed by atoms with Gasteiger partial charge in [0.05, 0.1) is 11.1 Å². The van der Waals surface area contributed by atoms with E-state index in [2.05, 4.69) is 16.3 Å². The highest BCUT2D eigenvalue weighted by Crippen LogP contribution is 2.27. The van der Waals surface area contributed by atoms with Gasteiger partial charge in [-0.2, -0.15) is 0 Å². The summed E-state index contributed by atoms with van der Waals surface area (Å²) in [7, 11) is 0. The minimum Gasteiger partial charge on any atom is -0.371 e. The smallest absolute Gasteiger partial charge is 0.261 e. The van der Waals surface area contributed by atoms with Gasteiger partial charge >= 0.3 is 0 Å². The Bertz CT molecular complexity index is 913. The molecule has 3 amide bonds. The van der Waals surface area contributed by atoms with Gasteiger partial charge < -0.3 is 10.2 Å². The van der Waals surface area contributed by atoms with Crippen LogP contribution in [0.2, 0.25) is 0 Å². The summed E-state index contributed by atoms with van der Waals surface area (Å²) in [5.74, 6) is -0.876. The summed E-state index contributed by atoms with van der Waals surface area (Å²) < 4.78 is 0. The Hall–Kier alpha value is -3.15. The molecule has 2 heterocycles. The van der Waals surface area contributed by atoms with Crippen molar-refractivity contribution in [3.63, 3.8) is 0 Å². The third-order valence-electron chi connectivity index (χ3n) is 5.41. The number of benzene rings is 2. The number of anilines is 2. The molecule has 0 spiro atoms. The van der Waals surface area contributed by atoms with Crippen molar-refractivity contribution in [2.75, 3.05) is 29.9 Å². The maximum absolute atomic E-state index is 12.5. The number of carbonyl (C=O) groups excluding carboxylic acids is 3. The summed E-state index contributed by atoms with van der Waals surface area (Å²) >= 11 is 0. The lowest BCUT2D eigenvalue weighted by molar-refractivity contribution is -0.116. The fraction of sp³-hybridized carbons (Fsp3) is 0.318. The molecule has 0 radical (unpaired) electrons. The van der Waals surface area contributed by atoms with Gasteiger partial charge in [0.2, 0.25) is 5.91 Å². The van der Waals surface area contributed by atoms with Gasteiger partial charge in [0.15, 0.2) is 0 Å². The molecule has 0 saturated carbocycles. The fourth-order valence-corrected chi connectivity index (χ4v) is 3.78. The zero-order valence-electron chi connectivity index (χ0n) is 15.9. The van der Waals surface area contributed by atoms with Gasteiger partial charge in [-0.15, -0.1) is 0 Å². The van der Waals surface area contributed by atoms with Crippen LogP contribution in [-0.2, 0) is 4.79 Å². The number of fused-ring (bicyclic) bond motifs is 1. The van der Waals surface area contributed by atoms with Crippen molar-refractivity contribution >= 4 is 29.1 Å². The average Bonchev–Trinajstić information content (AvgIpc) is 3.31. The van der Waals surface area contributed by atoms with E-state index in [0.29, 0.717) is 11.1 Å². The minimum atomic E-state index is -0.333. The highest BCUT2D eigenvalue weighted by molar-refractivity contribution is 6.21. The molecule has 1 saturated heterocycles. The van der Waals surface area contributed by atoms with Crippen molar-refractivity contribution in [3.8, 4) is 0 Å². The molecular formula is C22H23N3O3. The van der Waals surface area contributed by atoms with E-state index in [1.54, 1.807) is 24.3 Å². The molecule has 2 aromatic carbocycles. The Morgan fingerprint density at radius 1 is 1.00 bits per heavy atom. The molecule has 0 atom stereocenters. The molecule has 2 aliphatic heterocycles. The average molecular weight is 377 g/mol. The second-order valence-electron chi connectivity index (χ2n) is 7.30. The predicted molar refractivity (Wildman–Crippen MR) is 108 cm³/mol. The molecule has 4 rings (SSSR count). The highest BCUT2D eigenvalue weighted by Gasteiger charge is 2.34. The fourth-order valence-electron chi connectivity index (χ4n) is 3.78. The van der Waals surface area contributed by atoms with E-state index in [-0.39, 0.29) is 30.7 Å². The van der Waals surface area contributed by atoms with Gasteiger partial charge in [0.25, 0.3) is 11.8 Å². The topological polar surface area (TPSA) is 69.7 Å². The first-order valence-corrected chi connectivity index (χ1v) is 9.65. The molecule has 0 unspecified atom stereocenters. The first-order valence-electron chi connectivity index (χ1n) is 9.65. The first kappa shape index (κ1) is 18.2. The largest absolute Gasteiger partial charge is 0.371 e. The molecule has 1 fully saturated rings. The summed E-state index contributed by atoms with van der Waals surface area (Å²) in [5.41, 5.74) is 3.68. The Kier molecular flexibility index (Phi) is 4.86. The number of aryl methyl sites for hydroxylation is 1. The van der Waals surface area contributed by atoms with Crippen molar-refractivity contribution in [1.82, 2.24) is 4.90 Å². The van der Waals surface area contributed by atoms with Crippen LogP contribution < -0.4 is 10.2 Å². The molecule has 144 valence electrons. The van der Waals surface area contributed by atoms with E-state index in [0.717, 1.165) is 34.9 Å². The molecule has 0 aliphatic carbocycles. The van der Waals surface area contributed by atoms with Crippen LogP contribution in [0.1, 0.15) is 45.5 Å². The normalized spacial score (nSPS) is 15.9. The standard InChI is InChI=1S/C22H23N3O3/c1-15-8-9-16(24-11-4-5-12-24)14-19(15)23-20(26)10-13-25-21(27)17-6-2-3-7-18(17)22(25)28/h2-3,6-9,14H,4-5,10-13H2,1H3,(H,23,26). The quantitative estimate of drug-likeness (QED) is 0.813. The number of nitrogens with zero attached hydrogens (tertiary/aromatic N) is 2. The van der Waals surface area contributed by atoms with Crippen molar-refractivity contribution in [1.29, 1.82) is 0 Å². The molecule has 2 aromatic rings. The van der Waals surface area contributed by atoms with E-state index in [9.17, 15) is 14.4 Å². The summed E-state index contributed by atoms with van der Waals surface area (Å²) in [4.78, 5) is 40.7.